The molecule has 0 amide bonds. The zero-order valence-electron chi connectivity index (χ0n) is 8.06. The fourth-order valence-corrected chi connectivity index (χ4v) is 0.944. The van der Waals surface area contributed by atoms with E-state index in [1.165, 1.54) is 18.3 Å². The van der Waals surface area contributed by atoms with Crippen LogP contribution in [0, 0.1) is 0 Å². The Morgan fingerprint density at radius 1 is 1.73 bits per heavy atom. The highest BCUT2D eigenvalue weighted by atomic mass is 16.5. The number of anilines is 1. The second-order valence-electron chi connectivity index (χ2n) is 2.43. The molecule has 6 nitrogen and oxygen atoms in total. The van der Waals surface area contributed by atoms with Gasteiger partial charge >= 0.3 is 5.97 Å². The summed E-state index contributed by atoms with van der Waals surface area (Å²) in [7, 11) is 0. The van der Waals surface area contributed by atoms with Gasteiger partial charge in [-0.2, -0.15) is 0 Å². The number of nitrogens with zero attached hydrogens (tertiary/aromatic N) is 2. The van der Waals surface area contributed by atoms with Gasteiger partial charge in [0, 0.05) is 6.20 Å². The van der Waals surface area contributed by atoms with Crippen molar-refractivity contribution >= 4 is 17.9 Å². The SMILES string of the molecule is CCOC(=O)c1cccnc1NN=C=O. The van der Waals surface area contributed by atoms with Crippen molar-refractivity contribution in [3.8, 4) is 0 Å². The number of pyridine rings is 1. The standard InChI is InChI=1S/C9H9N3O3/c1-2-15-9(14)7-4-3-5-10-8(7)12-11-6-13/h3-5H,2H2,1H3,(H,10,12). The molecule has 1 heterocycles. The first-order valence-corrected chi connectivity index (χ1v) is 4.24. The van der Waals surface area contributed by atoms with Crippen LogP contribution in [-0.4, -0.2) is 23.6 Å². The van der Waals surface area contributed by atoms with Crippen molar-refractivity contribution < 1.29 is 14.3 Å². The van der Waals surface area contributed by atoms with Crippen molar-refractivity contribution in [1.29, 1.82) is 0 Å². The van der Waals surface area contributed by atoms with Crippen molar-refractivity contribution in [3.63, 3.8) is 0 Å². The third-order valence-electron chi connectivity index (χ3n) is 1.51. The van der Waals surface area contributed by atoms with E-state index < -0.39 is 5.97 Å². The Morgan fingerprint density at radius 2 is 2.53 bits per heavy atom. The maximum Gasteiger partial charge on any atom is 0.341 e. The summed E-state index contributed by atoms with van der Waals surface area (Å²) in [6.07, 6.45) is 2.75. The van der Waals surface area contributed by atoms with E-state index in [0.717, 1.165) is 0 Å². The quantitative estimate of drug-likeness (QED) is 0.343. The number of aromatic nitrogens is 1. The predicted molar refractivity (Wildman–Crippen MR) is 51.9 cm³/mol. The number of ether oxygens (including phenoxy) is 1. The van der Waals surface area contributed by atoms with Crippen LogP contribution < -0.4 is 5.43 Å². The first-order valence-electron chi connectivity index (χ1n) is 4.24. The van der Waals surface area contributed by atoms with E-state index in [1.54, 1.807) is 13.0 Å². The molecule has 0 spiro atoms. The molecule has 0 atom stereocenters. The second kappa shape index (κ2) is 5.51. The fraction of sp³-hybridized carbons (Fsp3) is 0.222. The van der Waals surface area contributed by atoms with E-state index in [4.69, 9.17) is 4.74 Å². The van der Waals surface area contributed by atoms with E-state index in [1.807, 2.05) is 0 Å². The van der Waals surface area contributed by atoms with E-state index in [2.05, 4.69) is 15.5 Å². The van der Waals surface area contributed by atoms with Gasteiger partial charge < -0.3 is 4.74 Å². The van der Waals surface area contributed by atoms with Crippen LogP contribution in [-0.2, 0) is 9.53 Å². The largest absolute Gasteiger partial charge is 0.462 e. The van der Waals surface area contributed by atoms with Gasteiger partial charge in [0.05, 0.1) is 6.61 Å². The van der Waals surface area contributed by atoms with Gasteiger partial charge in [-0.1, -0.05) is 5.10 Å². The number of carbonyl (C=O) groups excluding carboxylic acids is 2. The van der Waals surface area contributed by atoms with Crippen LogP contribution in [0.2, 0.25) is 0 Å². The molecule has 1 rings (SSSR count). The number of carbonyl (C=O) groups is 1. The van der Waals surface area contributed by atoms with Gasteiger partial charge in [0.1, 0.15) is 5.56 Å². The molecular weight excluding hydrogens is 198 g/mol. The van der Waals surface area contributed by atoms with Gasteiger partial charge in [-0.05, 0) is 19.1 Å². The maximum atomic E-state index is 11.4. The lowest BCUT2D eigenvalue weighted by Gasteiger charge is -2.05. The highest BCUT2D eigenvalue weighted by Gasteiger charge is 2.12. The van der Waals surface area contributed by atoms with Crippen molar-refractivity contribution in [2.24, 2.45) is 5.10 Å². The van der Waals surface area contributed by atoms with E-state index in [-0.39, 0.29) is 18.0 Å². The molecule has 1 aromatic rings. The lowest BCUT2D eigenvalue weighted by Crippen LogP contribution is -2.08. The number of hydrogen-bond donors (Lipinski definition) is 1. The van der Waals surface area contributed by atoms with E-state index >= 15 is 0 Å². The summed E-state index contributed by atoms with van der Waals surface area (Å²) < 4.78 is 4.79. The zero-order valence-corrected chi connectivity index (χ0v) is 8.06. The summed E-state index contributed by atoms with van der Waals surface area (Å²) in [5, 5.41) is 3.12. The number of rotatable bonds is 4. The van der Waals surface area contributed by atoms with Crippen molar-refractivity contribution in [2.45, 2.75) is 6.92 Å². The molecule has 6 heteroatoms. The number of isocyanates is 1. The molecule has 0 radical (unpaired) electrons. The smallest absolute Gasteiger partial charge is 0.341 e. The molecule has 0 aliphatic heterocycles. The topological polar surface area (TPSA) is 80.7 Å². The summed E-state index contributed by atoms with van der Waals surface area (Å²) >= 11 is 0. The third-order valence-corrected chi connectivity index (χ3v) is 1.51. The minimum atomic E-state index is -0.519. The summed E-state index contributed by atoms with van der Waals surface area (Å²) in [5.74, 6) is -0.353. The lowest BCUT2D eigenvalue weighted by molar-refractivity contribution is 0.0527. The average molecular weight is 207 g/mol. The minimum Gasteiger partial charge on any atom is -0.462 e. The van der Waals surface area contributed by atoms with Crippen LogP contribution in [0.25, 0.3) is 0 Å². The van der Waals surface area contributed by atoms with Crippen LogP contribution in [0.1, 0.15) is 17.3 Å². The first kappa shape index (κ1) is 10.9. The molecule has 0 aliphatic carbocycles. The van der Waals surface area contributed by atoms with Gasteiger partial charge in [-0.25, -0.2) is 20.0 Å². The van der Waals surface area contributed by atoms with Crippen LogP contribution >= 0.6 is 0 Å². The number of hydrogen-bond acceptors (Lipinski definition) is 6. The minimum absolute atomic E-state index is 0.166. The molecule has 0 fully saturated rings. The lowest BCUT2D eigenvalue weighted by atomic mass is 10.2. The molecule has 78 valence electrons. The van der Waals surface area contributed by atoms with E-state index in [0.29, 0.717) is 0 Å². The Hall–Kier alpha value is -2.20. The molecule has 1 aromatic heterocycles. The fourth-order valence-electron chi connectivity index (χ4n) is 0.944. The Labute approximate surface area is 86.0 Å². The van der Waals surface area contributed by atoms with Crippen molar-refractivity contribution in [2.75, 3.05) is 12.0 Å². The van der Waals surface area contributed by atoms with Crippen molar-refractivity contribution in [3.05, 3.63) is 23.9 Å². The molecular formula is C9H9N3O3. The van der Waals surface area contributed by atoms with Crippen molar-refractivity contribution in [1.82, 2.24) is 4.98 Å². The molecule has 0 unspecified atom stereocenters. The average Bonchev–Trinajstić information content (AvgIpc) is 2.27. The van der Waals surface area contributed by atoms with Gasteiger partial charge in [-0.3, -0.25) is 0 Å². The number of hydrazone groups is 1. The maximum absolute atomic E-state index is 11.4. The molecule has 0 saturated carbocycles. The van der Waals surface area contributed by atoms with Crippen LogP contribution in [0.15, 0.2) is 23.4 Å². The molecule has 0 aromatic carbocycles. The summed E-state index contributed by atoms with van der Waals surface area (Å²) in [6, 6.07) is 3.11. The van der Waals surface area contributed by atoms with Crippen LogP contribution in [0.3, 0.4) is 0 Å². The molecule has 0 saturated heterocycles. The first-order chi connectivity index (χ1) is 7.29. The Kier molecular flexibility index (Phi) is 4.00. The van der Waals surface area contributed by atoms with Gasteiger partial charge in [0.25, 0.3) is 6.08 Å². The molecule has 0 aliphatic rings. The summed E-state index contributed by atoms with van der Waals surface area (Å²) in [6.45, 7) is 1.97. The highest BCUT2D eigenvalue weighted by Crippen LogP contribution is 2.12. The zero-order chi connectivity index (χ0) is 11.1. The van der Waals surface area contributed by atoms with Gasteiger partial charge in [0.2, 0.25) is 0 Å². The van der Waals surface area contributed by atoms with Gasteiger partial charge in [0.15, 0.2) is 5.82 Å². The predicted octanol–water partition coefficient (Wildman–Crippen LogP) is 0.921. The number of nitrogens with one attached hydrogen (secondary N) is 1. The normalized spacial score (nSPS) is 8.87. The van der Waals surface area contributed by atoms with Crippen LogP contribution in [0.4, 0.5) is 5.82 Å². The summed E-state index contributed by atoms with van der Waals surface area (Å²) in [4.78, 5) is 25.1. The van der Waals surface area contributed by atoms with Crippen LogP contribution in [0.5, 0.6) is 0 Å². The Balaban J connectivity index is 2.94. The molecule has 0 bridgehead atoms. The molecule has 1 N–H and O–H groups in total. The Bertz CT molecular complexity index is 399. The van der Waals surface area contributed by atoms with E-state index in [9.17, 15) is 9.59 Å². The van der Waals surface area contributed by atoms with Gasteiger partial charge in [-0.15, -0.1) is 0 Å². The highest BCUT2D eigenvalue weighted by molar-refractivity contribution is 5.94. The number of esters is 1. The third kappa shape index (κ3) is 2.89. The second-order valence-corrected chi connectivity index (χ2v) is 2.43. The monoisotopic (exact) mass is 207 g/mol. The molecule has 15 heavy (non-hydrogen) atoms. The summed E-state index contributed by atoms with van der Waals surface area (Å²) in [5.41, 5.74) is 2.51. The Morgan fingerprint density at radius 3 is 3.20 bits per heavy atom.